The molecule has 0 saturated carbocycles. The number of rotatable bonds is 1. The first-order valence-corrected chi connectivity index (χ1v) is 3.61. The average molecular weight is 177 g/mol. The van der Waals surface area contributed by atoms with Crippen molar-refractivity contribution in [3.05, 3.63) is 35.3 Å². The number of anilines is 1. The Morgan fingerprint density at radius 2 is 2.38 bits per heavy atom. The molecular weight excluding hydrogens is 170 g/mol. The van der Waals surface area contributed by atoms with Gasteiger partial charge >= 0.3 is 5.69 Å². The maximum Gasteiger partial charge on any atom is 0.347 e. The van der Waals surface area contributed by atoms with Gasteiger partial charge < -0.3 is 5.73 Å². The fraction of sp³-hybridized carbons (Fsp3) is 0. The number of nitrogen functional groups attached to an aromatic ring is 1. The van der Waals surface area contributed by atoms with Crippen LogP contribution in [0.5, 0.6) is 0 Å². The van der Waals surface area contributed by atoms with E-state index >= 15 is 0 Å². The summed E-state index contributed by atoms with van der Waals surface area (Å²) in [6.07, 6.45) is 4.41. The minimum Gasteiger partial charge on any atom is -0.396 e. The Balaban J connectivity index is 2.66. The average Bonchev–Trinajstić information content (AvgIpc) is 2.52. The van der Waals surface area contributed by atoms with E-state index in [-0.39, 0.29) is 5.69 Å². The number of nitrogens with two attached hydrogens (primary N) is 1. The van der Waals surface area contributed by atoms with Crippen molar-refractivity contribution >= 4 is 5.69 Å². The van der Waals surface area contributed by atoms with Gasteiger partial charge in [0.15, 0.2) is 0 Å². The van der Waals surface area contributed by atoms with E-state index in [1.54, 1.807) is 12.3 Å². The molecule has 0 aliphatic rings. The van der Waals surface area contributed by atoms with Crippen molar-refractivity contribution in [1.29, 1.82) is 0 Å². The second kappa shape index (κ2) is 2.74. The molecule has 0 bridgehead atoms. The second-order valence-corrected chi connectivity index (χ2v) is 2.47. The number of nitrogens with one attached hydrogen (secondary N) is 1. The second-order valence-electron chi connectivity index (χ2n) is 2.47. The van der Waals surface area contributed by atoms with Crippen LogP contribution in [0, 0.1) is 0 Å². The number of pyridine rings is 1. The lowest BCUT2D eigenvalue weighted by molar-refractivity contribution is 0.981. The number of hydrogen-bond acceptors (Lipinski definition) is 4. The number of nitrogens with zero attached hydrogens (tertiary/aromatic N) is 3. The van der Waals surface area contributed by atoms with E-state index in [2.05, 4.69) is 15.2 Å². The Hall–Kier alpha value is -2.11. The molecule has 6 heteroatoms. The zero-order valence-electron chi connectivity index (χ0n) is 6.64. The number of aromatic amines is 1. The van der Waals surface area contributed by atoms with Gasteiger partial charge in [-0.15, -0.1) is 0 Å². The first-order chi connectivity index (χ1) is 6.29. The van der Waals surface area contributed by atoms with Gasteiger partial charge in [0, 0.05) is 6.20 Å². The largest absolute Gasteiger partial charge is 0.396 e. The van der Waals surface area contributed by atoms with E-state index in [1.165, 1.54) is 17.1 Å². The summed E-state index contributed by atoms with van der Waals surface area (Å²) in [7, 11) is 0. The summed E-state index contributed by atoms with van der Waals surface area (Å²) in [5.74, 6) is 0. The topological polar surface area (TPSA) is 89.6 Å². The molecule has 0 aliphatic heterocycles. The first-order valence-electron chi connectivity index (χ1n) is 3.61. The molecule has 0 spiro atoms. The number of H-pyrrole nitrogens is 1. The summed E-state index contributed by atoms with van der Waals surface area (Å²) in [6, 6.07) is 1.65. The third-order valence-corrected chi connectivity index (χ3v) is 1.64. The quantitative estimate of drug-likeness (QED) is 0.616. The van der Waals surface area contributed by atoms with Crippen LogP contribution in [0.1, 0.15) is 0 Å². The van der Waals surface area contributed by atoms with Crippen LogP contribution in [-0.2, 0) is 0 Å². The Labute approximate surface area is 73.0 Å². The maximum atomic E-state index is 11.1. The van der Waals surface area contributed by atoms with Crippen molar-refractivity contribution < 1.29 is 0 Å². The monoisotopic (exact) mass is 177 g/mol. The predicted octanol–water partition coefficient (Wildman–Crippen LogP) is -0.462. The summed E-state index contributed by atoms with van der Waals surface area (Å²) >= 11 is 0. The Bertz CT molecular complexity index is 471. The molecule has 0 atom stereocenters. The van der Waals surface area contributed by atoms with Gasteiger partial charge in [0.2, 0.25) is 0 Å². The smallest absolute Gasteiger partial charge is 0.347 e. The molecule has 0 aromatic carbocycles. The SMILES string of the molecule is Nc1cnccc1-n1cn[nH]c1=O. The molecule has 2 heterocycles. The number of aromatic nitrogens is 4. The summed E-state index contributed by atoms with van der Waals surface area (Å²) in [5, 5.41) is 5.86. The molecule has 2 rings (SSSR count). The highest BCUT2D eigenvalue weighted by Gasteiger charge is 2.03. The van der Waals surface area contributed by atoms with Crippen LogP contribution in [0.3, 0.4) is 0 Å². The molecule has 0 aliphatic carbocycles. The van der Waals surface area contributed by atoms with Crippen molar-refractivity contribution in [3.8, 4) is 5.69 Å². The summed E-state index contributed by atoms with van der Waals surface area (Å²) in [5.41, 5.74) is 6.31. The van der Waals surface area contributed by atoms with Crippen LogP contribution < -0.4 is 11.4 Å². The van der Waals surface area contributed by atoms with Gasteiger partial charge in [0.25, 0.3) is 0 Å². The van der Waals surface area contributed by atoms with Crippen LogP contribution >= 0.6 is 0 Å². The van der Waals surface area contributed by atoms with E-state index in [1.807, 2.05) is 0 Å². The molecule has 0 unspecified atom stereocenters. The van der Waals surface area contributed by atoms with E-state index in [0.717, 1.165) is 0 Å². The van der Waals surface area contributed by atoms with Crippen molar-refractivity contribution in [2.75, 3.05) is 5.73 Å². The Morgan fingerprint density at radius 1 is 1.54 bits per heavy atom. The van der Waals surface area contributed by atoms with E-state index in [9.17, 15) is 4.79 Å². The maximum absolute atomic E-state index is 11.1. The highest BCUT2D eigenvalue weighted by atomic mass is 16.1. The molecule has 0 amide bonds. The lowest BCUT2D eigenvalue weighted by Crippen LogP contribution is -2.15. The van der Waals surface area contributed by atoms with Gasteiger partial charge in [0.05, 0.1) is 17.6 Å². The van der Waals surface area contributed by atoms with Crippen molar-refractivity contribution in [1.82, 2.24) is 19.7 Å². The molecular formula is C7H7N5O. The van der Waals surface area contributed by atoms with E-state index in [4.69, 9.17) is 5.73 Å². The molecule has 2 aromatic heterocycles. The fourth-order valence-electron chi connectivity index (χ4n) is 1.04. The number of hydrogen-bond donors (Lipinski definition) is 2. The molecule has 0 radical (unpaired) electrons. The van der Waals surface area contributed by atoms with Gasteiger partial charge in [-0.3, -0.25) is 4.98 Å². The zero-order chi connectivity index (χ0) is 9.26. The lowest BCUT2D eigenvalue weighted by atomic mass is 10.3. The van der Waals surface area contributed by atoms with Crippen LogP contribution in [0.25, 0.3) is 5.69 Å². The van der Waals surface area contributed by atoms with Crippen LogP contribution in [0.15, 0.2) is 29.6 Å². The summed E-state index contributed by atoms with van der Waals surface area (Å²) < 4.78 is 1.32. The van der Waals surface area contributed by atoms with Crippen molar-refractivity contribution in [2.24, 2.45) is 0 Å². The third kappa shape index (κ3) is 1.18. The van der Waals surface area contributed by atoms with Crippen LogP contribution in [0.2, 0.25) is 0 Å². The molecule has 0 fully saturated rings. The summed E-state index contributed by atoms with van der Waals surface area (Å²) in [4.78, 5) is 15.0. The highest BCUT2D eigenvalue weighted by molar-refractivity contribution is 5.55. The molecule has 2 aromatic rings. The molecule has 0 saturated heterocycles. The van der Waals surface area contributed by atoms with Gasteiger partial charge in [-0.25, -0.2) is 14.5 Å². The standard InChI is InChI=1S/C7H7N5O/c8-5-3-9-2-1-6(5)12-4-10-11-7(12)13/h1-4H,8H2,(H,11,13). The first kappa shape index (κ1) is 7.53. The fourth-order valence-corrected chi connectivity index (χ4v) is 1.04. The normalized spacial score (nSPS) is 10.2. The van der Waals surface area contributed by atoms with Gasteiger partial charge in [-0.1, -0.05) is 0 Å². The lowest BCUT2D eigenvalue weighted by Gasteiger charge is -2.01. The van der Waals surface area contributed by atoms with Gasteiger partial charge in [-0.05, 0) is 6.07 Å². The minimum absolute atomic E-state index is 0.321. The van der Waals surface area contributed by atoms with E-state index < -0.39 is 0 Å². The predicted molar refractivity (Wildman–Crippen MR) is 46.4 cm³/mol. The summed E-state index contributed by atoms with van der Waals surface area (Å²) in [6.45, 7) is 0. The van der Waals surface area contributed by atoms with Gasteiger partial charge in [0.1, 0.15) is 6.33 Å². The van der Waals surface area contributed by atoms with Crippen LogP contribution in [0.4, 0.5) is 5.69 Å². The Morgan fingerprint density at radius 3 is 3.00 bits per heavy atom. The minimum atomic E-state index is -0.321. The highest BCUT2D eigenvalue weighted by Crippen LogP contribution is 2.11. The van der Waals surface area contributed by atoms with Crippen molar-refractivity contribution in [2.45, 2.75) is 0 Å². The molecule has 6 nitrogen and oxygen atoms in total. The molecule has 66 valence electrons. The van der Waals surface area contributed by atoms with E-state index in [0.29, 0.717) is 11.4 Å². The van der Waals surface area contributed by atoms with Crippen molar-refractivity contribution in [3.63, 3.8) is 0 Å². The van der Waals surface area contributed by atoms with Crippen LogP contribution in [-0.4, -0.2) is 19.7 Å². The zero-order valence-corrected chi connectivity index (χ0v) is 6.64. The van der Waals surface area contributed by atoms with Gasteiger partial charge in [-0.2, -0.15) is 5.10 Å². The molecule has 3 N–H and O–H groups in total. The third-order valence-electron chi connectivity index (χ3n) is 1.64. The molecule has 13 heavy (non-hydrogen) atoms. The Kier molecular flexibility index (Phi) is 1.59.